The van der Waals surface area contributed by atoms with Gasteiger partial charge in [-0.05, 0) is 73.7 Å². The van der Waals surface area contributed by atoms with Gasteiger partial charge in [-0.25, -0.2) is 9.69 Å². The number of nitrogens with one attached hydrogen (secondary N) is 2. The number of nitrogens with zero attached hydrogens (tertiary/aromatic N) is 1. The normalized spacial score (nSPS) is 18.7. The lowest BCUT2D eigenvalue weighted by atomic mass is 9.82. The summed E-state index contributed by atoms with van der Waals surface area (Å²) < 4.78 is 12.5. The smallest absolute Gasteiger partial charge is 0.338 e. The molecule has 3 aromatic carbocycles. The van der Waals surface area contributed by atoms with Crippen LogP contribution in [-0.4, -0.2) is 47.1 Å². The van der Waals surface area contributed by atoms with Crippen molar-refractivity contribution in [1.29, 1.82) is 0 Å². The Morgan fingerprint density at radius 3 is 2.38 bits per heavy atom. The van der Waals surface area contributed by atoms with E-state index in [4.69, 9.17) is 9.47 Å². The van der Waals surface area contributed by atoms with Crippen LogP contribution in [0.1, 0.15) is 33.6 Å². The Kier molecular flexibility index (Phi) is 9.00. The second-order valence-electron chi connectivity index (χ2n) is 10.1. The number of esters is 1. The maximum Gasteiger partial charge on any atom is 0.338 e. The number of thioether (sulfide) groups is 1. The number of H-pyrrole nitrogens is 1. The van der Waals surface area contributed by atoms with E-state index in [-0.39, 0.29) is 29.9 Å². The number of aromatic amines is 1. The Balaban J connectivity index is 1.28. The molecule has 4 aromatic rings. The van der Waals surface area contributed by atoms with Crippen molar-refractivity contribution in [1.82, 2.24) is 4.98 Å². The van der Waals surface area contributed by atoms with Crippen LogP contribution in [0, 0.1) is 5.92 Å². The third-order valence-corrected chi connectivity index (χ3v) is 10.7. The van der Waals surface area contributed by atoms with Crippen LogP contribution in [0.15, 0.2) is 85.5 Å². The van der Waals surface area contributed by atoms with E-state index in [0.717, 1.165) is 15.8 Å². The number of benzene rings is 3. The fraction of sp³-hybridized carbons (Fsp3) is 0.194. The zero-order valence-corrected chi connectivity index (χ0v) is 28.2. The molecule has 0 aliphatic carbocycles. The number of fused-ring (bicyclic) bond motifs is 2. The first-order chi connectivity index (χ1) is 21.6. The van der Waals surface area contributed by atoms with Gasteiger partial charge in [-0.1, -0.05) is 55.0 Å². The zero-order chi connectivity index (χ0) is 31.8. The number of hydrogen-bond acceptors (Lipinski definition) is 9. The summed E-state index contributed by atoms with van der Waals surface area (Å²) in [6.45, 7) is 1.61. The van der Waals surface area contributed by atoms with Gasteiger partial charge in [0.25, 0.3) is 5.91 Å². The first-order valence-electron chi connectivity index (χ1n) is 13.7. The minimum absolute atomic E-state index is 0.256. The third-order valence-electron chi connectivity index (χ3n) is 7.25. The van der Waals surface area contributed by atoms with Crippen molar-refractivity contribution in [3.8, 4) is 5.75 Å². The number of aromatic nitrogens is 1. The van der Waals surface area contributed by atoms with Gasteiger partial charge >= 0.3 is 10.8 Å². The molecule has 3 atom stereocenters. The van der Waals surface area contributed by atoms with Gasteiger partial charge in [-0.3, -0.25) is 19.2 Å². The maximum absolute atomic E-state index is 14.1. The van der Waals surface area contributed by atoms with Crippen LogP contribution in [0.25, 0.3) is 0 Å². The molecule has 2 N–H and O–H groups in total. The van der Waals surface area contributed by atoms with E-state index >= 15 is 0 Å². The number of anilines is 2. The molecule has 6 rings (SSSR count). The molecule has 1 aromatic heterocycles. The van der Waals surface area contributed by atoms with Crippen molar-refractivity contribution in [3.63, 3.8) is 0 Å². The Bertz CT molecular complexity index is 1880. The third kappa shape index (κ3) is 6.24. The molecule has 10 nitrogen and oxygen atoms in total. The Hall–Kier alpha value is -3.72. The Labute approximate surface area is 281 Å². The molecule has 2 aliphatic heterocycles. The van der Waals surface area contributed by atoms with Crippen LogP contribution in [0.3, 0.4) is 0 Å². The molecule has 0 saturated carbocycles. The molecule has 1 saturated heterocycles. The standard InChI is InChI=1S/C31H23Br2N3O7S2/c1-2-42-30(40)15-3-8-18(9-4-15)34-22(37)14-43-21-12-7-17(33)13-20(21)23-24-26(44-27-25(23)45-31(41)35-27)29(39)36(28(24)38)19-10-5-16(32)6-11-19/h3-13,23-24,26H,2,14H2,1H3,(H,34,37)(H,35,41)/t23-,24?,26?/m1/s1. The summed E-state index contributed by atoms with van der Waals surface area (Å²) in [5, 5.41) is 2.49. The first kappa shape index (κ1) is 31.3. The van der Waals surface area contributed by atoms with Gasteiger partial charge in [0.15, 0.2) is 6.61 Å². The van der Waals surface area contributed by atoms with Crippen molar-refractivity contribution < 1.29 is 28.7 Å². The molecule has 0 radical (unpaired) electrons. The number of carbonyl (C=O) groups is 4. The summed E-state index contributed by atoms with van der Waals surface area (Å²) in [7, 11) is 0. The Morgan fingerprint density at radius 2 is 1.67 bits per heavy atom. The summed E-state index contributed by atoms with van der Waals surface area (Å²) in [5.74, 6) is -2.85. The maximum atomic E-state index is 14.1. The molecule has 45 heavy (non-hydrogen) atoms. The lowest BCUT2D eigenvalue weighted by Gasteiger charge is -2.31. The lowest BCUT2D eigenvalue weighted by molar-refractivity contribution is -0.122. The summed E-state index contributed by atoms with van der Waals surface area (Å²) >= 11 is 9.07. The van der Waals surface area contributed by atoms with Crippen molar-refractivity contribution >= 4 is 90.0 Å². The summed E-state index contributed by atoms with van der Waals surface area (Å²) in [6, 6.07) is 18.4. The SMILES string of the molecule is CCOC(=O)c1ccc(NC(=O)COc2ccc(Br)cc2[C@H]2c3sc(=O)[nH]c3SC3C(=O)N(c4ccc(Br)cc4)C(=O)C32)cc1. The van der Waals surface area contributed by atoms with E-state index < -0.39 is 29.0 Å². The van der Waals surface area contributed by atoms with Crippen molar-refractivity contribution in [2.45, 2.75) is 23.1 Å². The number of halogens is 2. The highest BCUT2D eigenvalue weighted by atomic mass is 79.9. The van der Waals surface area contributed by atoms with Crippen LogP contribution < -0.4 is 19.8 Å². The number of hydrogen-bond donors (Lipinski definition) is 2. The number of carbonyl (C=O) groups excluding carboxylic acids is 4. The minimum atomic E-state index is -0.825. The van der Waals surface area contributed by atoms with Gasteiger partial charge in [0.1, 0.15) is 11.0 Å². The average Bonchev–Trinajstić information content (AvgIpc) is 3.51. The molecule has 14 heteroatoms. The van der Waals surface area contributed by atoms with Gasteiger partial charge in [0.05, 0.1) is 28.8 Å². The van der Waals surface area contributed by atoms with Gasteiger partial charge < -0.3 is 19.8 Å². The summed E-state index contributed by atoms with van der Waals surface area (Å²) in [6.07, 6.45) is 0. The number of ether oxygens (including phenoxy) is 2. The molecule has 1 fully saturated rings. The van der Waals surface area contributed by atoms with Gasteiger partial charge in [-0.2, -0.15) is 0 Å². The fourth-order valence-electron chi connectivity index (χ4n) is 5.34. The van der Waals surface area contributed by atoms with E-state index in [1.165, 1.54) is 16.7 Å². The lowest BCUT2D eigenvalue weighted by Crippen LogP contribution is -2.32. The molecule has 0 spiro atoms. The quantitative estimate of drug-likeness (QED) is 0.166. The number of rotatable bonds is 8. The summed E-state index contributed by atoms with van der Waals surface area (Å²) in [4.78, 5) is 69.4. The largest absolute Gasteiger partial charge is 0.483 e. The van der Waals surface area contributed by atoms with Crippen LogP contribution in [-0.2, 0) is 19.1 Å². The van der Waals surface area contributed by atoms with Crippen molar-refractivity contribution in [3.05, 3.63) is 101 Å². The van der Waals surface area contributed by atoms with Crippen LogP contribution in [0.2, 0.25) is 0 Å². The average molecular weight is 773 g/mol. The number of imide groups is 1. The van der Waals surface area contributed by atoms with E-state index in [1.807, 2.05) is 0 Å². The van der Waals surface area contributed by atoms with E-state index in [9.17, 15) is 24.0 Å². The molecule has 2 aliphatic rings. The second-order valence-corrected chi connectivity index (χ2v) is 14.1. The van der Waals surface area contributed by atoms with Gasteiger partial charge in [-0.15, -0.1) is 0 Å². The summed E-state index contributed by atoms with van der Waals surface area (Å²) in [5.41, 5.74) is 1.84. The monoisotopic (exact) mass is 771 g/mol. The predicted molar refractivity (Wildman–Crippen MR) is 177 cm³/mol. The second kappa shape index (κ2) is 12.9. The molecule has 230 valence electrons. The van der Waals surface area contributed by atoms with Crippen molar-refractivity contribution in [2.24, 2.45) is 5.92 Å². The molecule has 2 unspecified atom stereocenters. The Morgan fingerprint density at radius 1 is 0.956 bits per heavy atom. The van der Waals surface area contributed by atoms with Gasteiger partial charge in [0.2, 0.25) is 11.8 Å². The molecule has 3 amide bonds. The fourth-order valence-corrected chi connectivity index (χ4v) is 8.48. The molecule has 0 bridgehead atoms. The number of amides is 3. The molecular formula is C31H23Br2N3O7S2. The highest BCUT2D eigenvalue weighted by Crippen LogP contribution is 2.54. The first-order valence-corrected chi connectivity index (χ1v) is 16.9. The highest BCUT2D eigenvalue weighted by molar-refractivity contribution is 9.10. The highest BCUT2D eigenvalue weighted by Gasteiger charge is 2.56. The minimum Gasteiger partial charge on any atom is -0.483 e. The van der Waals surface area contributed by atoms with Crippen LogP contribution >= 0.6 is 55.0 Å². The molecule has 3 heterocycles. The van der Waals surface area contributed by atoms with Crippen LogP contribution in [0.5, 0.6) is 5.75 Å². The predicted octanol–water partition coefficient (Wildman–Crippen LogP) is 5.95. The zero-order valence-electron chi connectivity index (χ0n) is 23.4. The van der Waals surface area contributed by atoms with Crippen molar-refractivity contribution in [2.75, 3.05) is 23.4 Å². The topological polar surface area (TPSA) is 135 Å². The van der Waals surface area contributed by atoms with Gasteiger partial charge in [0, 0.05) is 31.0 Å². The van der Waals surface area contributed by atoms with Crippen LogP contribution in [0.4, 0.5) is 11.4 Å². The number of thiazole rings is 1. The van der Waals surface area contributed by atoms with E-state index in [2.05, 4.69) is 42.2 Å². The van der Waals surface area contributed by atoms with E-state index in [1.54, 1.807) is 73.7 Å². The van der Waals surface area contributed by atoms with E-state index in [0.29, 0.717) is 42.6 Å². The molecular weight excluding hydrogens is 750 g/mol.